The van der Waals surface area contributed by atoms with Gasteiger partial charge >= 0.3 is 0 Å². The molecule has 198 valence electrons. The molecule has 0 aliphatic rings. The van der Waals surface area contributed by atoms with E-state index in [1.54, 1.807) is 0 Å². The molecule has 0 atom stereocenters. The molecule has 0 radical (unpaired) electrons. The summed E-state index contributed by atoms with van der Waals surface area (Å²) in [5.41, 5.74) is 9.31. The lowest BCUT2D eigenvalue weighted by atomic mass is 9.95. The molecule has 1 aromatic heterocycles. The molecular formula is C40H25FS. The number of thiophene rings is 1. The molecule has 0 unspecified atom stereocenters. The van der Waals surface area contributed by atoms with Crippen molar-refractivity contribution in [3.05, 3.63) is 157 Å². The van der Waals surface area contributed by atoms with Crippen LogP contribution in [0.1, 0.15) is 0 Å². The van der Waals surface area contributed by atoms with Gasteiger partial charge in [0.05, 0.1) is 0 Å². The normalized spacial score (nSPS) is 11.5. The number of fused-ring (bicyclic) bond motifs is 4. The van der Waals surface area contributed by atoms with Crippen LogP contribution in [-0.2, 0) is 0 Å². The fourth-order valence-electron chi connectivity index (χ4n) is 5.86. The molecule has 0 amide bonds. The van der Waals surface area contributed by atoms with E-state index in [1.165, 1.54) is 70.9 Å². The van der Waals surface area contributed by atoms with Gasteiger partial charge in [-0.3, -0.25) is 0 Å². The third kappa shape index (κ3) is 4.47. The van der Waals surface area contributed by atoms with E-state index in [2.05, 4.69) is 127 Å². The van der Waals surface area contributed by atoms with Gasteiger partial charge in [-0.1, -0.05) is 109 Å². The molecule has 0 nitrogen and oxygen atoms in total. The van der Waals surface area contributed by atoms with E-state index in [-0.39, 0.29) is 5.82 Å². The zero-order valence-corrected chi connectivity index (χ0v) is 23.5. The highest BCUT2D eigenvalue weighted by molar-refractivity contribution is 7.25. The summed E-state index contributed by atoms with van der Waals surface area (Å²) in [4.78, 5) is 0. The average Bonchev–Trinajstić information content (AvgIpc) is 3.43. The first kappa shape index (κ1) is 24.7. The lowest BCUT2D eigenvalue weighted by Crippen LogP contribution is -1.84. The first-order valence-electron chi connectivity index (χ1n) is 14.1. The number of rotatable bonds is 4. The fourth-order valence-corrected chi connectivity index (χ4v) is 6.95. The largest absolute Gasteiger partial charge is 0.207 e. The maximum atomic E-state index is 13.3. The number of hydrogen-bond donors (Lipinski definition) is 0. The van der Waals surface area contributed by atoms with Crippen LogP contribution in [0.15, 0.2) is 152 Å². The number of benzene rings is 7. The molecule has 0 saturated carbocycles. The van der Waals surface area contributed by atoms with Crippen LogP contribution in [0.3, 0.4) is 0 Å². The van der Waals surface area contributed by atoms with Gasteiger partial charge in [0.2, 0.25) is 0 Å². The Balaban J connectivity index is 1.08. The van der Waals surface area contributed by atoms with Crippen LogP contribution >= 0.6 is 11.3 Å². The minimum atomic E-state index is -0.216. The van der Waals surface area contributed by atoms with Crippen LogP contribution in [0, 0.1) is 5.82 Å². The van der Waals surface area contributed by atoms with Crippen molar-refractivity contribution in [1.29, 1.82) is 0 Å². The third-order valence-corrected chi connectivity index (χ3v) is 9.32. The smallest absolute Gasteiger partial charge is 0.123 e. The van der Waals surface area contributed by atoms with Crippen molar-refractivity contribution in [2.24, 2.45) is 0 Å². The van der Waals surface area contributed by atoms with Crippen LogP contribution in [0.25, 0.3) is 75.5 Å². The number of halogens is 1. The summed E-state index contributed by atoms with van der Waals surface area (Å²) in [6, 6.07) is 52.8. The Kier molecular flexibility index (Phi) is 5.94. The third-order valence-electron chi connectivity index (χ3n) is 8.16. The van der Waals surface area contributed by atoms with Crippen molar-refractivity contribution in [3.63, 3.8) is 0 Å². The quantitative estimate of drug-likeness (QED) is 0.202. The molecular weight excluding hydrogens is 532 g/mol. The first-order chi connectivity index (χ1) is 20.7. The lowest BCUT2D eigenvalue weighted by Gasteiger charge is -2.09. The minimum absolute atomic E-state index is 0.216. The fraction of sp³-hybridized carbons (Fsp3) is 0. The van der Waals surface area contributed by atoms with Crippen LogP contribution in [0.4, 0.5) is 4.39 Å². The zero-order chi connectivity index (χ0) is 28.0. The van der Waals surface area contributed by atoms with E-state index in [9.17, 15) is 4.39 Å². The lowest BCUT2D eigenvalue weighted by molar-refractivity contribution is 0.628. The predicted molar refractivity (Wildman–Crippen MR) is 179 cm³/mol. The van der Waals surface area contributed by atoms with Crippen LogP contribution in [0.2, 0.25) is 0 Å². The van der Waals surface area contributed by atoms with Gasteiger partial charge in [0.15, 0.2) is 0 Å². The van der Waals surface area contributed by atoms with Crippen LogP contribution in [-0.4, -0.2) is 0 Å². The Morgan fingerprint density at radius 2 is 0.762 bits per heavy atom. The van der Waals surface area contributed by atoms with Crippen molar-refractivity contribution in [1.82, 2.24) is 0 Å². The molecule has 8 aromatic rings. The summed E-state index contributed by atoms with van der Waals surface area (Å²) in [5, 5.41) is 5.09. The van der Waals surface area contributed by atoms with Crippen molar-refractivity contribution in [2.75, 3.05) is 0 Å². The molecule has 0 bridgehead atoms. The summed E-state index contributed by atoms with van der Waals surface area (Å²) in [5.74, 6) is -0.216. The standard InChI is InChI=1S/C40H25FS/c41-36-20-17-27(18-21-36)26-5-7-28(8-6-26)32-15-13-31-14-16-33(24-35(31)23-32)29-9-11-30(12-10-29)34-19-22-40-38(25-34)37-3-1-2-4-39(37)42-40/h1-25H. The van der Waals surface area contributed by atoms with E-state index in [4.69, 9.17) is 0 Å². The Hall–Kier alpha value is -5.05. The summed E-state index contributed by atoms with van der Waals surface area (Å²) in [7, 11) is 0. The Labute approximate surface area is 248 Å². The van der Waals surface area contributed by atoms with Gasteiger partial charge in [-0.15, -0.1) is 11.3 Å². The second-order valence-corrected chi connectivity index (χ2v) is 11.8. The van der Waals surface area contributed by atoms with Gasteiger partial charge < -0.3 is 0 Å². The van der Waals surface area contributed by atoms with Crippen LogP contribution in [0.5, 0.6) is 0 Å². The van der Waals surface area contributed by atoms with Crippen molar-refractivity contribution >= 4 is 42.3 Å². The first-order valence-corrected chi connectivity index (χ1v) is 14.9. The summed E-state index contributed by atoms with van der Waals surface area (Å²) < 4.78 is 16.0. The molecule has 42 heavy (non-hydrogen) atoms. The molecule has 0 saturated heterocycles. The second-order valence-electron chi connectivity index (χ2n) is 10.7. The minimum Gasteiger partial charge on any atom is -0.207 e. The molecule has 2 heteroatoms. The highest BCUT2D eigenvalue weighted by Crippen LogP contribution is 2.37. The molecule has 0 spiro atoms. The van der Waals surface area contributed by atoms with Gasteiger partial charge in [-0.25, -0.2) is 4.39 Å². The number of hydrogen-bond acceptors (Lipinski definition) is 1. The highest BCUT2D eigenvalue weighted by atomic mass is 32.1. The Bertz CT molecular complexity index is 2220. The monoisotopic (exact) mass is 556 g/mol. The van der Waals surface area contributed by atoms with Crippen molar-refractivity contribution in [2.45, 2.75) is 0 Å². The maximum Gasteiger partial charge on any atom is 0.123 e. The average molecular weight is 557 g/mol. The molecule has 0 N–H and O–H groups in total. The summed E-state index contributed by atoms with van der Waals surface area (Å²) in [6.45, 7) is 0. The molecule has 1 heterocycles. The zero-order valence-electron chi connectivity index (χ0n) is 22.7. The summed E-state index contributed by atoms with van der Waals surface area (Å²) in [6.07, 6.45) is 0. The van der Waals surface area contributed by atoms with Gasteiger partial charge in [0.1, 0.15) is 5.82 Å². The Morgan fingerprint density at radius 3 is 1.36 bits per heavy atom. The maximum absolute atomic E-state index is 13.3. The van der Waals surface area contributed by atoms with Gasteiger partial charge in [-0.05, 0) is 97.7 Å². The SMILES string of the molecule is Fc1ccc(-c2ccc(-c3ccc4ccc(-c5ccc(-c6ccc7sc8ccccc8c7c6)cc5)cc4c3)cc2)cc1. The van der Waals surface area contributed by atoms with Crippen molar-refractivity contribution in [3.8, 4) is 44.5 Å². The van der Waals surface area contributed by atoms with Crippen LogP contribution < -0.4 is 0 Å². The Morgan fingerprint density at radius 1 is 0.333 bits per heavy atom. The van der Waals surface area contributed by atoms with Gasteiger partial charge in [-0.2, -0.15) is 0 Å². The van der Waals surface area contributed by atoms with E-state index in [1.807, 2.05) is 23.5 Å². The van der Waals surface area contributed by atoms with E-state index < -0.39 is 0 Å². The van der Waals surface area contributed by atoms with E-state index in [0.717, 1.165) is 16.7 Å². The molecule has 0 aliphatic heterocycles. The molecule has 8 rings (SSSR count). The second kappa shape index (κ2) is 10.1. The topological polar surface area (TPSA) is 0 Å². The van der Waals surface area contributed by atoms with Gasteiger partial charge in [0.25, 0.3) is 0 Å². The highest BCUT2D eigenvalue weighted by Gasteiger charge is 2.08. The summed E-state index contributed by atoms with van der Waals surface area (Å²) >= 11 is 1.85. The van der Waals surface area contributed by atoms with Gasteiger partial charge in [0, 0.05) is 20.2 Å². The van der Waals surface area contributed by atoms with E-state index >= 15 is 0 Å². The molecule has 7 aromatic carbocycles. The predicted octanol–water partition coefficient (Wildman–Crippen LogP) is 12.0. The molecule has 0 fully saturated rings. The van der Waals surface area contributed by atoms with Crippen molar-refractivity contribution < 1.29 is 4.39 Å². The van der Waals surface area contributed by atoms with E-state index in [0.29, 0.717) is 0 Å². The molecule has 0 aliphatic carbocycles.